The number of nitrogens with zero attached hydrogens (tertiary/aromatic N) is 2. The van der Waals surface area contributed by atoms with E-state index in [9.17, 15) is 18.4 Å². The summed E-state index contributed by atoms with van der Waals surface area (Å²) < 4.78 is 52.9. The van der Waals surface area contributed by atoms with E-state index in [0.29, 0.717) is 17.4 Å². The van der Waals surface area contributed by atoms with E-state index in [4.69, 9.17) is 10.5 Å². The van der Waals surface area contributed by atoms with Crippen LogP contribution in [-0.4, -0.2) is 21.2 Å². The third kappa shape index (κ3) is 2.91. The first-order valence-electron chi connectivity index (χ1n) is 7.90. The van der Waals surface area contributed by atoms with Crippen LogP contribution in [0.25, 0.3) is 0 Å². The monoisotopic (exact) mass is 375 g/mol. The van der Waals surface area contributed by atoms with Gasteiger partial charge in [-0.25, -0.2) is 8.78 Å². The van der Waals surface area contributed by atoms with Gasteiger partial charge in [-0.3, -0.25) is 0 Å². The van der Waals surface area contributed by atoms with E-state index < -0.39 is 29.1 Å². The Morgan fingerprint density at radius 2 is 1.85 bits per heavy atom. The minimum atomic E-state index is -1.44. The summed E-state index contributed by atoms with van der Waals surface area (Å²) in [6.07, 6.45) is 0. The molecule has 2 N–H and O–H groups in total. The van der Waals surface area contributed by atoms with Crippen molar-refractivity contribution in [3.05, 3.63) is 64.3 Å². The molecule has 0 radical (unpaired) electrons. The number of nitriles is 1. The Kier molecular flexibility index (Phi) is 4.62. The van der Waals surface area contributed by atoms with Gasteiger partial charge in [0.15, 0.2) is 17.4 Å². The van der Waals surface area contributed by atoms with Crippen molar-refractivity contribution in [1.29, 1.82) is 5.26 Å². The first kappa shape index (κ1) is 18.5. The predicted molar refractivity (Wildman–Crippen MR) is 92.9 cm³/mol. The topological polar surface area (TPSA) is 71.5 Å². The van der Waals surface area contributed by atoms with Crippen LogP contribution < -0.4 is 20.1 Å². The third-order valence-corrected chi connectivity index (χ3v) is 4.38. The van der Waals surface area contributed by atoms with Gasteiger partial charge in [-0.2, -0.15) is 9.65 Å². The Hall–Kier alpha value is -3.34. The van der Waals surface area contributed by atoms with Crippen LogP contribution in [0.2, 0.25) is 0 Å². The number of rotatable bonds is 3. The van der Waals surface area contributed by atoms with E-state index in [1.54, 1.807) is 18.2 Å². The van der Waals surface area contributed by atoms with Gasteiger partial charge in [0.05, 0.1) is 13.0 Å². The van der Waals surface area contributed by atoms with Crippen LogP contribution in [0, 0.1) is 28.8 Å². The molecule has 1 unspecified atom stereocenters. The smallest absolute Gasteiger partial charge is 0.205 e. The fourth-order valence-corrected chi connectivity index (χ4v) is 3.03. The van der Waals surface area contributed by atoms with Gasteiger partial charge in [0.2, 0.25) is 11.7 Å². The maximum atomic E-state index is 14.9. The number of ether oxygens (including phenoxy) is 2. The van der Waals surface area contributed by atoms with Gasteiger partial charge in [-0.05, 0) is 12.1 Å². The van der Waals surface area contributed by atoms with E-state index in [2.05, 4.69) is 4.74 Å². The quantitative estimate of drug-likeness (QED) is 0.833. The first-order valence-corrected chi connectivity index (χ1v) is 7.90. The number of anilines is 1. The summed E-state index contributed by atoms with van der Waals surface area (Å²) in [7, 11) is 4.67. The Bertz CT molecular complexity index is 997. The molecule has 0 saturated heterocycles. The average Bonchev–Trinajstić information content (AvgIpc) is 2.63. The molecule has 0 bridgehead atoms. The molecule has 0 amide bonds. The highest BCUT2D eigenvalue weighted by Crippen LogP contribution is 2.45. The van der Waals surface area contributed by atoms with Gasteiger partial charge in [0.1, 0.15) is 17.4 Å². The maximum Gasteiger partial charge on any atom is 0.205 e. The van der Waals surface area contributed by atoms with E-state index in [1.165, 1.54) is 0 Å². The lowest BCUT2D eigenvalue weighted by molar-refractivity contribution is 0.342. The second-order valence-corrected chi connectivity index (χ2v) is 6.15. The standard InChI is InChI=1S/C19H16F3N3O2/c1-25(2)9-4-5-10-14(6-9)27-19(24)12(8-23)15(10)11-7-13(20)17(22)18(26-3)16(11)21/h4-7,15H,24H2,1-3H3. The summed E-state index contributed by atoms with van der Waals surface area (Å²) in [6.45, 7) is 0. The summed E-state index contributed by atoms with van der Waals surface area (Å²) in [6, 6.07) is 7.61. The van der Waals surface area contributed by atoms with Crippen molar-refractivity contribution in [3.63, 3.8) is 0 Å². The Labute approximate surface area is 154 Å². The normalized spacial score (nSPS) is 15.7. The molecule has 0 saturated carbocycles. The van der Waals surface area contributed by atoms with Crippen LogP contribution in [0.15, 0.2) is 35.7 Å². The van der Waals surface area contributed by atoms with Crippen LogP contribution in [0.1, 0.15) is 17.0 Å². The van der Waals surface area contributed by atoms with Gasteiger partial charge < -0.3 is 20.1 Å². The molecule has 5 nitrogen and oxygen atoms in total. The van der Waals surface area contributed by atoms with Crippen molar-refractivity contribution in [1.82, 2.24) is 0 Å². The molecule has 0 fully saturated rings. The molecule has 140 valence electrons. The van der Waals surface area contributed by atoms with Crippen LogP contribution in [0.5, 0.6) is 11.5 Å². The number of allylic oxidation sites excluding steroid dienone is 1. The molecule has 2 aromatic carbocycles. The largest absolute Gasteiger partial charge is 0.491 e. The summed E-state index contributed by atoms with van der Waals surface area (Å²) in [5, 5.41) is 9.51. The highest BCUT2D eigenvalue weighted by molar-refractivity contribution is 5.61. The van der Waals surface area contributed by atoms with E-state index >= 15 is 0 Å². The van der Waals surface area contributed by atoms with Crippen molar-refractivity contribution in [2.45, 2.75) is 5.92 Å². The number of hydrogen-bond donors (Lipinski definition) is 1. The Morgan fingerprint density at radius 3 is 2.44 bits per heavy atom. The van der Waals surface area contributed by atoms with Crippen molar-refractivity contribution in [3.8, 4) is 17.6 Å². The molecular formula is C19H16F3N3O2. The van der Waals surface area contributed by atoms with Crippen molar-refractivity contribution in [2.24, 2.45) is 5.73 Å². The van der Waals surface area contributed by atoms with Crippen LogP contribution >= 0.6 is 0 Å². The third-order valence-electron chi connectivity index (χ3n) is 4.38. The molecular weight excluding hydrogens is 359 g/mol. The number of nitrogens with two attached hydrogens (primary N) is 1. The highest BCUT2D eigenvalue weighted by Gasteiger charge is 2.35. The molecule has 8 heteroatoms. The SMILES string of the molecule is COc1c(F)c(F)cc(C2C(C#N)=C(N)Oc3cc(N(C)C)ccc32)c1F. The van der Waals surface area contributed by atoms with E-state index in [-0.39, 0.29) is 17.0 Å². The zero-order chi connectivity index (χ0) is 19.9. The fourth-order valence-electron chi connectivity index (χ4n) is 3.03. The van der Waals surface area contributed by atoms with E-state index in [1.807, 2.05) is 25.1 Å². The van der Waals surface area contributed by atoms with Gasteiger partial charge >= 0.3 is 0 Å². The lowest BCUT2D eigenvalue weighted by atomic mass is 9.83. The number of fused-ring (bicyclic) bond motifs is 1. The maximum absolute atomic E-state index is 14.9. The molecule has 0 spiro atoms. The molecule has 1 aliphatic rings. The lowest BCUT2D eigenvalue weighted by Gasteiger charge is -2.28. The first-order chi connectivity index (χ1) is 12.8. The van der Waals surface area contributed by atoms with Crippen molar-refractivity contribution >= 4 is 5.69 Å². The van der Waals surface area contributed by atoms with Gasteiger partial charge in [0, 0.05) is 37.0 Å². The van der Waals surface area contributed by atoms with Crippen molar-refractivity contribution < 1.29 is 22.6 Å². The lowest BCUT2D eigenvalue weighted by Crippen LogP contribution is -2.22. The zero-order valence-electron chi connectivity index (χ0n) is 14.8. The molecule has 1 aliphatic heterocycles. The summed E-state index contributed by atoms with van der Waals surface area (Å²) >= 11 is 0. The summed E-state index contributed by atoms with van der Waals surface area (Å²) in [4.78, 5) is 1.82. The van der Waals surface area contributed by atoms with Crippen LogP contribution in [0.3, 0.4) is 0 Å². The number of halogens is 3. The van der Waals surface area contributed by atoms with Crippen LogP contribution in [-0.2, 0) is 0 Å². The number of benzene rings is 2. The second kappa shape index (κ2) is 6.76. The summed E-state index contributed by atoms with van der Waals surface area (Å²) in [5.74, 6) is -5.70. The van der Waals surface area contributed by atoms with Crippen molar-refractivity contribution in [2.75, 3.05) is 26.1 Å². The van der Waals surface area contributed by atoms with Gasteiger partial charge in [-0.1, -0.05) is 6.07 Å². The van der Waals surface area contributed by atoms with Crippen LogP contribution in [0.4, 0.5) is 18.9 Å². The number of hydrogen-bond acceptors (Lipinski definition) is 5. The molecule has 1 atom stereocenters. The fraction of sp³-hybridized carbons (Fsp3) is 0.211. The van der Waals surface area contributed by atoms with Gasteiger partial charge in [0.25, 0.3) is 0 Å². The Balaban J connectivity index is 2.30. The molecule has 0 aliphatic carbocycles. The molecule has 27 heavy (non-hydrogen) atoms. The zero-order valence-corrected chi connectivity index (χ0v) is 14.8. The molecule has 1 heterocycles. The highest BCUT2D eigenvalue weighted by atomic mass is 19.2. The minimum Gasteiger partial charge on any atom is -0.491 e. The minimum absolute atomic E-state index is 0.105. The predicted octanol–water partition coefficient (Wildman–Crippen LogP) is 3.40. The van der Waals surface area contributed by atoms with Gasteiger partial charge in [-0.15, -0.1) is 0 Å². The number of methoxy groups -OCH3 is 1. The second-order valence-electron chi connectivity index (χ2n) is 6.15. The summed E-state index contributed by atoms with van der Waals surface area (Å²) in [5.41, 5.74) is 6.65. The average molecular weight is 375 g/mol. The van der Waals surface area contributed by atoms with E-state index in [0.717, 1.165) is 12.8 Å². The molecule has 3 rings (SSSR count). The molecule has 2 aromatic rings. The Morgan fingerprint density at radius 1 is 1.15 bits per heavy atom. The molecule has 0 aromatic heterocycles.